The lowest BCUT2D eigenvalue weighted by Crippen LogP contribution is -2.00. The van der Waals surface area contributed by atoms with Gasteiger partial charge < -0.3 is 9.84 Å². The van der Waals surface area contributed by atoms with Crippen LogP contribution in [0, 0.1) is 24.7 Å². The molecule has 0 amide bonds. The van der Waals surface area contributed by atoms with E-state index in [2.05, 4.69) is 46.8 Å². The molecule has 0 aliphatic carbocycles. The van der Waals surface area contributed by atoms with Crippen LogP contribution < -0.4 is 4.74 Å². The van der Waals surface area contributed by atoms with Gasteiger partial charge in [0.2, 0.25) is 0 Å². The first-order valence-electron chi connectivity index (χ1n) is 13.7. The van der Waals surface area contributed by atoms with Crippen LogP contribution in [0.4, 0.5) is 0 Å². The van der Waals surface area contributed by atoms with Crippen LogP contribution in [-0.2, 0) is 6.42 Å². The van der Waals surface area contributed by atoms with E-state index in [1.165, 1.54) is 68.9 Å². The van der Waals surface area contributed by atoms with Crippen molar-refractivity contribution in [3.8, 4) is 11.5 Å². The first kappa shape index (κ1) is 28.3. The summed E-state index contributed by atoms with van der Waals surface area (Å²) in [5, 5.41) is 12.3. The van der Waals surface area contributed by atoms with Crippen LogP contribution in [0.2, 0.25) is 0 Å². The maximum atomic E-state index is 10.4. The minimum atomic E-state index is 0.329. The maximum absolute atomic E-state index is 10.4. The highest BCUT2D eigenvalue weighted by Gasteiger charge is 2.13. The molecule has 0 bridgehead atoms. The van der Waals surface area contributed by atoms with Gasteiger partial charge in [0.15, 0.2) is 0 Å². The number of rotatable bonds is 15. The van der Waals surface area contributed by atoms with Crippen molar-refractivity contribution in [3.63, 3.8) is 0 Å². The van der Waals surface area contributed by atoms with Crippen molar-refractivity contribution in [3.05, 3.63) is 47.0 Å². The fraction of sp³-hybridized carbons (Fsp3) is 0.625. The number of aryl methyl sites for hydroxylation is 1. The Labute approximate surface area is 209 Å². The fourth-order valence-electron chi connectivity index (χ4n) is 5.15. The third-order valence-electron chi connectivity index (χ3n) is 7.38. The van der Waals surface area contributed by atoms with Gasteiger partial charge in [-0.3, -0.25) is 0 Å². The molecule has 0 saturated carbocycles. The van der Waals surface area contributed by atoms with E-state index in [1.807, 2.05) is 19.1 Å². The van der Waals surface area contributed by atoms with Crippen molar-refractivity contribution in [2.45, 2.75) is 106 Å². The van der Waals surface area contributed by atoms with E-state index in [-0.39, 0.29) is 0 Å². The predicted octanol–water partition coefficient (Wildman–Crippen LogP) is 9.79. The van der Waals surface area contributed by atoms with Crippen LogP contribution in [0.25, 0.3) is 10.8 Å². The molecule has 2 unspecified atom stereocenters. The van der Waals surface area contributed by atoms with Crippen molar-refractivity contribution in [2.75, 3.05) is 7.11 Å². The topological polar surface area (TPSA) is 29.5 Å². The molecule has 2 nitrogen and oxygen atoms in total. The van der Waals surface area contributed by atoms with Crippen LogP contribution in [0.5, 0.6) is 11.5 Å². The van der Waals surface area contributed by atoms with E-state index in [0.29, 0.717) is 5.75 Å². The Bertz CT molecular complexity index is 909. The van der Waals surface area contributed by atoms with Crippen LogP contribution in [0.15, 0.2) is 35.9 Å². The summed E-state index contributed by atoms with van der Waals surface area (Å²) in [6.07, 6.45) is 15.3. The number of methoxy groups -OCH3 is 1. The average molecular weight is 467 g/mol. The molecule has 34 heavy (non-hydrogen) atoms. The smallest absolute Gasteiger partial charge is 0.130 e. The lowest BCUT2D eigenvalue weighted by atomic mass is 9.91. The zero-order valence-electron chi connectivity index (χ0n) is 23.0. The van der Waals surface area contributed by atoms with Crippen LogP contribution in [0.1, 0.15) is 104 Å². The molecule has 0 radical (unpaired) electrons. The minimum Gasteiger partial charge on any atom is -0.507 e. The molecule has 2 aromatic rings. The Morgan fingerprint density at radius 1 is 0.941 bits per heavy atom. The number of hydrogen-bond donors (Lipinski definition) is 1. The third kappa shape index (κ3) is 9.01. The second-order valence-corrected chi connectivity index (χ2v) is 11.2. The summed E-state index contributed by atoms with van der Waals surface area (Å²) in [6, 6.07) is 7.95. The van der Waals surface area contributed by atoms with E-state index in [1.54, 1.807) is 13.2 Å². The van der Waals surface area contributed by atoms with E-state index < -0.39 is 0 Å². The standard InChI is InChI=1S/C32H50O2/c1-23(2)12-8-13-24(3)14-9-15-25(4)16-10-17-26(5)20-21-28-18-11-19-29-30(33)22-27(6)32(34-7)31(28)29/h11,18-20,22-25,33H,8-10,12-17,21H2,1-7H3. The second kappa shape index (κ2) is 14.4. The zero-order valence-corrected chi connectivity index (χ0v) is 23.0. The summed E-state index contributed by atoms with van der Waals surface area (Å²) < 4.78 is 5.70. The largest absolute Gasteiger partial charge is 0.507 e. The lowest BCUT2D eigenvalue weighted by molar-refractivity contribution is 0.389. The molecular formula is C32H50O2. The number of allylic oxidation sites excluding steroid dienone is 2. The van der Waals surface area contributed by atoms with E-state index in [4.69, 9.17) is 4.74 Å². The van der Waals surface area contributed by atoms with Gasteiger partial charge in [0.05, 0.1) is 7.11 Å². The SMILES string of the molecule is COc1c(C)cc(O)c2cccc(CC=C(C)CCCC(C)CCCC(C)CCCC(C)C)c12. The van der Waals surface area contributed by atoms with Gasteiger partial charge in [0, 0.05) is 10.8 Å². The number of aromatic hydroxyl groups is 1. The number of benzene rings is 2. The van der Waals surface area contributed by atoms with E-state index in [0.717, 1.165) is 46.3 Å². The number of hydrogen-bond acceptors (Lipinski definition) is 2. The van der Waals surface area contributed by atoms with Gasteiger partial charge in [0.25, 0.3) is 0 Å². The Balaban J connectivity index is 1.79. The zero-order chi connectivity index (χ0) is 25.1. The molecule has 0 heterocycles. The van der Waals surface area contributed by atoms with Gasteiger partial charge >= 0.3 is 0 Å². The van der Waals surface area contributed by atoms with E-state index in [9.17, 15) is 5.11 Å². The van der Waals surface area contributed by atoms with Gasteiger partial charge in [-0.1, -0.05) is 102 Å². The Hall–Kier alpha value is -1.96. The first-order valence-corrected chi connectivity index (χ1v) is 13.7. The van der Waals surface area contributed by atoms with Gasteiger partial charge in [-0.15, -0.1) is 0 Å². The molecule has 1 N–H and O–H groups in total. The number of fused-ring (bicyclic) bond motifs is 1. The highest BCUT2D eigenvalue weighted by atomic mass is 16.5. The molecular weight excluding hydrogens is 416 g/mol. The summed E-state index contributed by atoms with van der Waals surface area (Å²) in [7, 11) is 1.71. The molecule has 2 atom stereocenters. The molecule has 0 spiro atoms. The normalized spacial score (nSPS) is 14.1. The molecule has 0 aliphatic rings. The third-order valence-corrected chi connectivity index (χ3v) is 7.38. The molecule has 0 saturated heterocycles. The van der Waals surface area contributed by atoms with Crippen LogP contribution in [0.3, 0.4) is 0 Å². The molecule has 0 aromatic heterocycles. The predicted molar refractivity (Wildman–Crippen MR) is 149 cm³/mol. The van der Waals surface area contributed by atoms with Crippen molar-refractivity contribution in [1.82, 2.24) is 0 Å². The summed E-state index contributed by atoms with van der Waals surface area (Å²) in [6.45, 7) is 13.8. The summed E-state index contributed by atoms with van der Waals surface area (Å²) in [5.74, 6) is 3.75. The van der Waals surface area contributed by atoms with E-state index >= 15 is 0 Å². The monoisotopic (exact) mass is 466 g/mol. The van der Waals surface area contributed by atoms with Gasteiger partial charge in [-0.25, -0.2) is 0 Å². The molecule has 2 rings (SSSR count). The summed E-state index contributed by atoms with van der Waals surface area (Å²) in [5.41, 5.74) is 3.64. The quantitative estimate of drug-likeness (QED) is 0.265. The Morgan fingerprint density at radius 3 is 2.18 bits per heavy atom. The fourth-order valence-corrected chi connectivity index (χ4v) is 5.15. The van der Waals surface area contributed by atoms with Crippen molar-refractivity contribution in [2.24, 2.45) is 17.8 Å². The average Bonchev–Trinajstić information content (AvgIpc) is 2.77. The van der Waals surface area contributed by atoms with Gasteiger partial charge in [0.1, 0.15) is 11.5 Å². The molecule has 0 fully saturated rings. The Kier molecular flexibility index (Phi) is 12.0. The second-order valence-electron chi connectivity index (χ2n) is 11.2. The van der Waals surface area contributed by atoms with Gasteiger partial charge in [-0.05, 0) is 68.1 Å². The lowest BCUT2D eigenvalue weighted by Gasteiger charge is -2.15. The van der Waals surface area contributed by atoms with Crippen molar-refractivity contribution >= 4 is 10.8 Å². The molecule has 2 aromatic carbocycles. The highest BCUT2D eigenvalue weighted by Crippen LogP contribution is 2.38. The molecule has 190 valence electrons. The minimum absolute atomic E-state index is 0.329. The number of phenolic OH excluding ortho intramolecular Hbond substituents is 1. The number of ether oxygens (including phenoxy) is 1. The molecule has 2 heteroatoms. The van der Waals surface area contributed by atoms with Crippen molar-refractivity contribution in [1.29, 1.82) is 0 Å². The van der Waals surface area contributed by atoms with Crippen LogP contribution in [-0.4, -0.2) is 12.2 Å². The maximum Gasteiger partial charge on any atom is 0.130 e. The molecule has 0 aliphatic heterocycles. The Morgan fingerprint density at radius 2 is 1.56 bits per heavy atom. The van der Waals surface area contributed by atoms with Crippen LogP contribution >= 0.6 is 0 Å². The first-order chi connectivity index (χ1) is 16.2. The van der Waals surface area contributed by atoms with Crippen molar-refractivity contribution < 1.29 is 9.84 Å². The number of phenols is 1. The highest BCUT2D eigenvalue weighted by molar-refractivity contribution is 5.96. The van der Waals surface area contributed by atoms with Gasteiger partial charge in [-0.2, -0.15) is 0 Å². The summed E-state index contributed by atoms with van der Waals surface area (Å²) >= 11 is 0. The summed E-state index contributed by atoms with van der Waals surface area (Å²) in [4.78, 5) is 0.